The van der Waals surface area contributed by atoms with Crippen LogP contribution in [0, 0.1) is 0 Å². The van der Waals surface area contributed by atoms with Crippen LogP contribution in [0.1, 0.15) is 25.8 Å². The lowest BCUT2D eigenvalue weighted by Crippen LogP contribution is -2.34. The molecule has 4 heteroatoms. The lowest BCUT2D eigenvalue weighted by Gasteiger charge is -2.23. The number of hydrogen-bond donors (Lipinski definition) is 1. The highest BCUT2D eigenvalue weighted by Gasteiger charge is 2.04. The summed E-state index contributed by atoms with van der Waals surface area (Å²) in [5, 5.41) is 7.79. The third kappa shape index (κ3) is 5.85. The number of nitrogens with one attached hydrogen (secondary N) is 1. The summed E-state index contributed by atoms with van der Waals surface area (Å²) in [6.45, 7) is 7.70. The molecule has 1 rings (SSSR count). The third-order valence-corrected chi connectivity index (χ3v) is 3.63. The average molecular weight is 263 g/mol. The first-order valence-corrected chi connectivity index (χ1v) is 6.60. The Morgan fingerprint density at radius 3 is 2.81 bits per heavy atom. The molecule has 16 heavy (non-hydrogen) atoms. The maximum Gasteiger partial charge on any atom is 0.0214 e. The van der Waals surface area contributed by atoms with Gasteiger partial charge in [0.25, 0.3) is 0 Å². The molecule has 0 saturated carbocycles. The van der Waals surface area contributed by atoms with Gasteiger partial charge in [-0.25, -0.2) is 0 Å². The minimum atomic E-state index is 0. The summed E-state index contributed by atoms with van der Waals surface area (Å²) in [7, 11) is 2.19. The molecule has 0 saturated heterocycles. The monoisotopic (exact) mass is 262 g/mol. The molecule has 0 bridgehead atoms. The van der Waals surface area contributed by atoms with Gasteiger partial charge in [-0.05, 0) is 42.8 Å². The van der Waals surface area contributed by atoms with Gasteiger partial charge in [0.05, 0.1) is 0 Å². The molecule has 1 heterocycles. The van der Waals surface area contributed by atoms with Crippen molar-refractivity contribution >= 4 is 23.7 Å². The Hall–Kier alpha value is -0.0900. The van der Waals surface area contributed by atoms with Crippen LogP contribution < -0.4 is 5.32 Å². The Morgan fingerprint density at radius 1 is 1.50 bits per heavy atom. The SMILES string of the molecule is CCC(C)N(C)CCNCc1ccsc1.Cl. The van der Waals surface area contributed by atoms with E-state index >= 15 is 0 Å². The molecule has 0 radical (unpaired) electrons. The van der Waals surface area contributed by atoms with Gasteiger partial charge in [0, 0.05) is 25.7 Å². The molecular weight excluding hydrogens is 240 g/mol. The highest BCUT2D eigenvalue weighted by molar-refractivity contribution is 7.07. The predicted octanol–water partition coefficient (Wildman–Crippen LogP) is 2.99. The van der Waals surface area contributed by atoms with Crippen LogP contribution >= 0.6 is 23.7 Å². The summed E-state index contributed by atoms with van der Waals surface area (Å²) < 4.78 is 0. The smallest absolute Gasteiger partial charge is 0.0214 e. The molecule has 0 spiro atoms. The van der Waals surface area contributed by atoms with E-state index < -0.39 is 0 Å². The topological polar surface area (TPSA) is 15.3 Å². The van der Waals surface area contributed by atoms with Crippen molar-refractivity contribution in [1.82, 2.24) is 10.2 Å². The molecule has 0 amide bonds. The number of rotatable bonds is 7. The largest absolute Gasteiger partial charge is 0.311 e. The molecule has 0 aliphatic rings. The summed E-state index contributed by atoms with van der Waals surface area (Å²) in [5.74, 6) is 0. The zero-order chi connectivity index (χ0) is 11.1. The molecule has 1 atom stereocenters. The zero-order valence-corrected chi connectivity index (χ0v) is 12.0. The van der Waals surface area contributed by atoms with Gasteiger partial charge in [-0.1, -0.05) is 6.92 Å². The van der Waals surface area contributed by atoms with E-state index in [1.54, 1.807) is 11.3 Å². The van der Waals surface area contributed by atoms with E-state index in [9.17, 15) is 0 Å². The molecule has 0 aliphatic heterocycles. The lowest BCUT2D eigenvalue weighted by atomic mass is 10.2. The number of thiophene rings is 1. The van der Waals surface area contributed by atoms with E-state index in [1.807, 2.05) is 0 Å². The van der Waals surface area contributed by atoms with Gasteiger partial charge in [0.15, 0.2) is 0 Å². The first-order valence-electron chi connectivity index (χ1n) is 5.66. The van der Waals surface area contributed by atoms with E-state index in [4.69, 9.17) is 0 Å². The molecule has 1 unspecified atom stereocenters. The Labute approximate surface area is 109 Å². The summed E-state index contributed by atoms with van der Waals surface area (Å²) in [5.41, 5.74) is 1.39. The standard InChI is InChI=1S/C12H22N2S.ClH/c1-4-11(2)14(3)7-6-13-9-12-5-8-15-10-12;/h5,8,10-11,13H,4,6-7,9H2,1-3H3;1H. The van der Waals surface area contributed by atoms with E-state index in [0.717, 1.165) is 19.6 Å². The van der Waals surface area contributed by atoms with Crippen molar-refractivity contribution in [3.63, 3.8) is 0 Å². The van der Waals surface area contributed by atoms with Crippen LogP contribution in [0.3, 0.4) is 0 Å². The van der Waals surface area contributed by atoms with Gasteiger partial charge in [-0.15, -0.1) is 12.4 Å². The van der Waals surface area contributed by atoms with E-state index in [-0.39, 0.29) is 12.4 Å². The first-order chi connectivity index (χ1) is 7.24. The van der Waals surface area contributed by atoms with Crippen molar-refractivity contribution in [3.05, 3.63) is 22.4 Å². The minimum absolute atomic E-state index is 0. The molecule has 0 aromatic carbocycles. The van der Waals surface area contributed by atoms with Gasteiger partial charge in [-0.2, -0.15) is 11.3 Å². The Balaban J connectivity index is 0.00000225. The van der Waals surface area contributed by atoms with Crippen LogP contribution in [0.25, 0.3) is 0 Å². The summed E-state index contributed by atoms with van der Waals surface area (Å²) >= 11 is 1.76. The number of nitrogens with zero attached hydrogens (tertiary/aromatic N) is 1. The van der Waals surface area contributed by atoms with Gasteiger partial charge < -0.3 is 10.2 Å². The molecule has 1 N–H and O–H groups in total. The van der Waals surface area contributed by atoms with E-state index in [0.29, 0.717) is 6.04 Å². The second-order valence-corrected chi connectivity index (χ2v) is 4.83. The molecule has 2 nitrogen and oxygen atoms in total. The number of halogens is 1. The van der Waals surface area contributed by atoms with Crippen LogP contribution in [0.4, 0.5) is 0 Å². The normalized spacial score (nSPS) is 12.5. The number of likely N-dealkylation sites (N-methyl/N-ethyl adjacent to an activating group) is 1. The van der Waals surface area contributed by atoms with Crippen molar-refractivity contribution in [2.24, 2.45) is 0 Å². The maximum atomic E-state index is 3.46. The molecule has 0 aliphatic carbocycles. The van der Waals surface area contributed by atoms with Gasteiger partial charge in [0.2, 0.25) is 0 Å². The molecule has 1 aromatic rings. The van der Waals surface area contributed by atoms with Gasteiger partial charge in [-0.3, -0.25) is 0 Å². The quantitative estimate of drug-likeness (QED) is 0.760. The molecule has 1 aromatic heterocycles. The van der Waals surface area contributed by atoms with Crippen molar-refractivity contribution in [3.8, 4) is 0 Å². The van der Waals surface area contributed by atoms with Crippen molar-refractivity contribution < 1.29 is 0 Å². The Bertz CT molecular complexity index is 252. The first kappa shape index (κ1) is 15.9. The van der Waals surface area contributed by atoms with Crippen molar-refractivity contribution in [2.45, 2.75) is 32.9 Å². The van der Waals surface area contributed by atoms with Crippen LogP contribution in [0.15, 0.2) is 16.8 Å². The van der Waals surface area contributed by atoms with Gasteiger partial charge >= 0.3 is 0 Å². The summed E-state index contributed by atoms with van der Waals surface area (Å²) in [6.07, 6.45) is 1.22. The summed E-state index contributed by atoms with van der Waals surface area (Å²) in [6, 6.07) is 2.86. The van der Waals surface area contributed by atoms with Crippen LogP contribution in [-0.4, -0.2) is 31.1 Å². The zero-order valence-electron chi connectivity index (χ0n) is 10.4. The van der Waals surface area contributed by atoms with Gasteiger partial charge in [0.1, 0.15) is 0 Å². The van der Waals surface area contributed by atoms with Crippen LogP contribution in [0.2, 0.25) is 0 Å². The third-order valence-electron chi connectivity index (χ3n) is 2.89. The maximum absolute atomic E-state index is 3.46. The minimum Gasteiger partial charge on any atom is -0.311 e. The van der Waals surface area contributed by atoms with Crippen LogP contribution in [0.5, 0.6) is 0 Å². The fourth-order valence-corrected chi connectivity index (χ4v) is 2.08. The second kappa shape index (κ2) is 8.99. The Kier molecular flexibility index (Phi) is 8.94. The molecule has 0 fully saturated rings. The lowest BCUT2D eigenvalue weighted by molar-refractivity contribution is 0.252. The summed E-state index contributed by atoms with van der Waals surface area (Å²) in [4.78, 5) is 2.40. The fraction of sp³-hybridized carbons (Fsp3) is 0.667. The molecule has 94 valence electrons. The Morgan fingerprint density at radius 2 is 2.25 bits per heavy atom. The number of hydrogen-bond acceptors (Lipinski definition) is 3. The van der Waals surface area contributed by atoms with E-state index in [1.165, 1.54) is 12.0 Å². The average Bonchev–Trinajstić information content (AvgIpc) is 2.75. The highest BCUT2D eigenvalue weighted by Crippen LogP contribution is 2.04. The highest BCUT2D eigenvalue weighted by atomic mass is 35.5. The second-order valence-electron chi connectivity index (χ2n) is 4.05. The van der Waals surface area contributed by atoms with Crippen molar-refractivity contribution in [1.29, 1.82) is 0 Å². The van der Waals surface area contributed by atoms with E-state index in [2.05, 4.69) is 47.9 Å². The fourth-order valence-electron chi connectivity index (χ4n) is 1.41. The predicted molar refractivity (Wildman–Crippen MR) is 75.7 cm³/mol. The van der Waals surface area contributed by atoms with Crippen LogP contribution in [-0.2, 0) is 6.54 Å². The molecular formula is C12H23ClN2S. The van der Waals surface area contributed by atoms with Crippen molar-refractivity contribution in [2.75, 3.05) is 20.1 Å².